The van der Waals surface area contributed by atoms with Gasteiger partial charge in [-0.1, -0.05) is 0 Å². The van der Waals surface area contributed by atoms with E-state index >= 15 is 0 Å². The Kier molecular flexibility index (Phi) is 4.60. The molecule has 0 aliphatic heterocycles. The predicted molar refractivity (Wildman–Crippen MR) is 42.2 cm³/mol. The van der Waals surface area contributed by atoms with E-state index in [4.69, 9.17) is 20.7 Å². The van der Waals surface area contributed by atoms with Crippen molar-refractivity contribution in [2.75, 3.05) is 19.8 Å². The third-order valence-electron chi connectivity index (χ3n) is 0.995. The van der Waals surface area contributed by atoms with Gasteiger partial charge in [0, 0.05) is 5.54 Å². The van der Waals surface area contributed by atoms with Crippen LogP contribution in [0, 0.1) is 0 Å². The van der Waals surface area contributed by atoms with Crippen LogP contribution in [0.5, 0.6) is 0 Å². The lowest BCUT2D eigenvalue weighted by Crippen LogP contribution is -2.38. The van der Waals surface area contributed by atoms with Crippen LogP contribution in [0.4, 0.5) is 0 Å². The Balaban J connectivity index is 3.28. The molecule has 0 fully saturated rings. The van der Waals surface area contributed by atoms with E-state index in [1.165, 1.54) is 0 Å². The first kappa shape index (κ1) is 10.8. The molecular weight excluding hydrogens is 146 g/mol. The van der Waals surface area contributed by atoms with Gasteiger partial charge in [-0.2, -0.15) is 0 Å². The maximum absolute atomic E-state index is 8.84. The number of aliphatic hydroxyl groups excluding tert-OH is 2. The van der Waals surface area contributed by atoms with Gasteiger partial charge in [0.1, 0.15) is 6.10 Å². The van der Waals surface area contributed by atoms with Crippen LogP contribution in [0.2, 0.25) is 0 Å². The highest BCUT2D eigenvalue weighted by atomic mass is 16.5. The molecule has 0 saturated carbocycles. The third-order valence-corrected chi connectivity index (χ3v) is 0.995. The van der Waals surface area contributed by atoms with E-state index in [9.17, 15) is 0 Å². The molecule has 1 unspecified atom stereocenters. The standard InChI is InChI=1S/C7H17NO3/c1-7(2,8)5-11-4-6(10)3-9/h6,9-10H,3-5,8H2,1-2H3. The van der Waals surface area contributed by atoms with Crippen LogP contribution in [0.15, 0.2) is 0 Å². The number of hydrogen-bond acceptors (Lipinski definition) is 4. The Bertz CT molecular complexity index is 100. The second-order valence-electron chi connectivity index (χ2n) is 3.34. The zero-order valence-corrected chi connectivity index (χ0v) is 7.08. The third kappa shape index (κ3) is 7.74. The monoisotopic (exact) mass is 163 g/mol. The van der Waals surface area contributed by atoms with Crippen molar-refractivity contribution in [3.8, 4) is 0 Å². The van der Waals surface area contributed by atoms with E-state index in [1.807, 2.05) is 13.8 Å². The Hall–Kier alpha value is -0.160. The van der Waals surface area contributed by atoms with Crippen LogP contribution in [0.25, 0.3) is 0 Å². The van der Waals surface area contributed by atoms with Gasteiger partial charge in [-0.05, 0) is 13.8 Å². The number of hydrogen-bond donors (Lipinski definition) is 3. The normalized spacial score (nSPS) is 15.0. The molecule has 0 aromatic heterocycles. The average molecular weight is 163 g/mol. The van der Waals surface area contributed by atoms with Crippen molar-refractivity contribution in [3.05, 3.63) is 0 Å². The Labute approximate surface area is 67.0 Å². The first-order chi connectivity index (χ1) is 4.95. The Morgan fingerprint density at radius 2 is 2.09 bits per heavy atom. The van der Waals surface area contributed by atoms with E-state index in [0.29, 0.717) is 6.61 Å². The van der Waals surface area contributed by atoms with Gasteiger partial charge in [-0.25, -0.2) is 0 Å². The fraction of sp³-hybridized carbons (Fsp3) is 1.00. The summed E-state index contributed by atoms with van der Waals surface area (Å²) in [7, 11) is 0. The molecule has 0 aromatic carbocycles. The van der Waals surface area contributed by atoms with Crippen LogP contribution in [0.3, 0.4) is 0 Å². The molecule has 0 spiro atoms. The topological polar surface area (TPSA) is 75.7 Å². The second kappa shape index (κ2) is 4.66. The van der Waals surface area contributed by atoms with Crippen molar-refractivity contribution in [3.63, 3.8) is 0 Å². The van der Waals surface area contributed by atoms with Crippen LogP contribution in [-0.2, 0) is 4.74 Å². The summed E-state index contributed by atoms with van der Waals surface area (Å²) in [6, 6.07) is 0. The molecule has 68 valence electrons. The highest BCUT2D eigenvalue weighted by Gasteiger charge is 2.11. The number of ether oxygens (including phenoxy) is 1. The lowest BCUT2D eigenvalue weighted by atomic mass is 10.1. The van der Waals surface area contributed by atoms with Gasteiger partial charge < -0.3 is 20.7 Å². The van der Waals surface area contributed by atoms with Crippen LogP contribution >= 0.6 is 0 Å². The fourth-order valence-electron chi connectivity index (χ4n) is 0.511. The van der Waals surface area contributed by atoms with Crippen molar-refractivity contribution >= 4 is 0 Å². The van der Waals surface area contributed by atoms with Gasteiger partial charge in [0.2, 0.25) is 0 Å². The summed E-state index contributed by atoms with van der Waals surface area (Å²) < 4.78 is 5.02. The molecule has 0 aliphatic rings. The Morgan fingerprint density at radius 1 is 1.55 bits per heavy atom. The number of nitrogens with two attached hydrogens (primary N) is 1. The molecule has 0 aliphatic carbocycles. The summed E-state index contributed by atoms with van der Waals surface area (Å²) in [6.45, 7) is 3.91. The molecule has 0 bridgehead atoms. The predicted octanol–water partition coefficient (Wildman–Crippen LogP) is -0.906. The summed E-state index contributed by atoms with van der Waals surface area (Å²) in [6.07, 6.45) is -0.794. The molecule has 0 rings (SSSR count). The summed E-state index contributed by atoms with van der Waals surface area (Å²) in [5.41, 5.74) is 5.21. The van der Waals surface area contributed by atoms with E-state index in [2.05, 4.69) is 0 Å². The van der Waals surface area contributed by atoms with Crippen molar-refractivity contribution in [1.82, 2.24) is 0 Å². The van der Waals surface area contributed by atoms with Gasteiger partial charge in [0.25, 0.3) is 0 Å². The molecule has 1 atom stereocenters. The van der Waals surface area contributed by atoms with Crippen LogP contribution < -0.4 is 5.73 Å². The molecule has 0 radical (unpaired) electrons. The maximum atomic E-state index is 8.84. The van der Waals surface area contributed by atoms with Gasteiger partial charge in [-0.3, -0.25) is 0 Å². The lowest BCUT2D eigenvalue weighted by Gasteiger charge is -2.19. The van der Waals surface area contributed by atoms with Crippen LogP contribution in [-0.4, -0.2) is 41.7 Å². The maximum Gasteiger partial charge on any atom is 0.100 e. The summed E-state index contributed by atoms with van der Waals surface area (Å²) in [4.78, 5) is 0. The minimum atomic E-state index is -0.794. The van der Waals surface area contributed by atoms with Crippen LogP contribution in [0.1, 0.15) is 13.8 Å². The van der Waals surface area contributed by atoms with E-state index in [0.717, 1.165) is 0 Å². The molecule has 0 aromatic rings. The fourth-order valence-corrected chi connectivity index (χ4v) is 0.511. The van der Waals surface area contributed by atoms with Gasteiger partial charge in [0.15, 0.2) is 0 Å². The Morgan fingerprint density at radius 3 is 2.45 bits per heavy atom. The summed E-state index contributed by atoms with van der Waals surface area (Å²) in [5.74, 6) is 0. The van der Waals surface area contributed by atoms with Crippen molar-refractivity contribution in [2.24, 2.45) is 5.73 Å². The molecular formula is C7H17NO3. The number of rotatable bonds is 5. The largest absolute Gasteiger partial charge is 0.394 e. The number of aliphatic hydroxyl groups is 2. The van der Waals surface area contributed by atoms with E-state index in [1.54, 1.807) is 0 Å². The SMILES string of the molecule is CC(C)(N)COCC(O)CO. The minimum Gasteiger partial charge on any atom is -0.394 e. The molecule has 4 heteroatoms. The molecule has 4 nitrogen and oxygen atoms in total. The molecule has 11 heavy (non-hydrogen) atoms. The molecule has 0 amide bonds. The van der Waals surface area contributed by atoms with Gasteiger partial charge in [0.05, 0.1) is 19.8 Å². The smallest absolute Gasteiger partial charge is 0.100 e. The van der Waals surface area contributed by atoms with Crippen molar-refractivity contribution in [1.29, 1.82) is 0 Å². The highest BCUT2D eigenvalue weighted by Crippen LogP contribution is 1.97. The first-order valence-corrected chi connectivity index (χ1v) is 3.61. The van der Waals surface area contributed by atoms with Crippen molar-refractivity contribution < 1.29 is 14.9 Å². The quantitative estimate of drug-likeness (QED) is 0.490. The first-order valence-electron chi connectivity index (χ1n) is 3.61. The van der Waals surface area contributed by atoms with Gasteiger partial charge in [-0.15, -0.1) is 0 Å². The molecule has 4 N–H and O–H groups in total. The molecule has 0 saturated heterocycles. The second-order valence-corrected chi connectivity index (χ2v) is 3.34. The lowest BCUT2D eigenvalue weighted by molar-refractivity contribution is -0.00507. The minimum absolute atomic E-state index is 0.136. The van der Waals surface area contributed by atoms with E-state index in [-0.39, 0.29) is 18.8 Å². The van der Waals surface area contributed by atoms with E-state index < -0.39 is 6.10 Å². The summed E-state index contributed by atoms with van der Waals surface area (Å²) in [5, 5.41) is 17.2. The van der Waals surface area contributed by atoms with Crippen molar-refractivity contribution in [2.45, 2.75) is 25.5 Å². The zero-order valence-electron chi connectivity index (χ0n) is 7.08. The zero-order chi connectivity index (χ0) is 8.91. The van der Waals surface area contributed by atoms with Gasteiger partial charge >= 0.3 is 0 Å². The molecule has 0 heterocycles. The highest BCUT2D eigenvalue weighted by molar-refractivity contribution is 4.70. The summed E-state index contributed by atoms with van der Waals surface area (Å²) >= 11 is 0. The average Bonchev–Trinajstić information content (AvgIpc) is 1.85.